The Bertz CT molecular complexity index is 518. The molecule has 6 heteroatoms. The molecule has 0 bridgehead atoms. The highest BCUT2D eigenvalue weighted by atomic mass is 35.5. The van der Waals surface area contributed by atoms with E-state index in [-0.39, 0.29) is 30.5 Å². The molecule has 0 radical (unpaired) electrons. The van der Waals surface area contributed by atoms with Gasteiger partial charge in [-0.1, -0.05) is 6.92 Å². The molecular formula is C18H27ClN2O3. The highest BCUT2D eigenvalue weighted by Crippen LogP contribution is 2.17. The molecule has 2 aliphatic rings. The van der Waals surface area contributed by atoms with Crippen molar-refractivity contribution in [1.29, 1.82) is 0 Å². The number of hydrogen-bond donors (Lipinski definition) is 2. The van der Waals surface area contributed by atoms with E-state index >= 15 is 0 Å². The van der Waals surface area contributed by atoms with Crippen molar-refractivity contribution in [2.24, 2.45) is 5.92 Å². The molecule has 3 atom stereocenters. The molecule has 134 valence electrons. The van der Waals surface area contributed by atoms with Crippen molar-refractivity contribution in [2.45, 2.75) is 38.3 Å². The van der Waals surface area contributed by atoms with Crippen molar-refractivity contribution in [2.75, 3.05) is 26.3 Å². The fourth-order valence-electron chi connectivity index (χ4n) is 3.15. The molecule has 1 amide bonds. The lowest BCUT2D eigenvalue weighted by atomic mass is 9.95. The van der Waals surface area contributed by atoms with Crippen molar-refractivity contribution in [3.8, 4) is 5.75 Å². The lowest BCUT2D eigenvalue weighted by Crippen LogP contribution is -2.48. The first-order valence-corrected chi connectivity index (χ1v) is 8.58. The van der Waals surface area contributed by atoms with Crippen molar-refractivity contribution < 1.29 is 14.3 Å². The number of nitrogens with one attached hydrogen (secondary N) is 2. The number of carbonyl (C=O) groups is 1. The number of amides is 1. The van der Waals surface area contributed by atoms with Crippen LogP contribution in [0.4, 0.5) is 0 Å². The summed E-state index contributed by atoms with van der Waals surface area (Å²) in [6, 6.07) is 7.61. The van der Waals surface area contributed by atoms with Crippen molar-refractivity contribution in [3.05, 3.63) is 29.8 Å². The zero-order chi connectivity index (χ0) is 16.1. The minimum absolute atomic E-state index is 0. The second-order valence-corrected chi connectivity index (χ2v) is 6.52. The topological polar surface area (TPSA) is 59.6 Å². The molecule has 0 aliphatic carbocycles. The summed E-state index contributed by atoms with van der Waals surface area (Å²) in [5.74, 6) is 1.24. The second kappa shape index (κ2) is 9.25. The van der Waals surface area contributed by atoms with E-state index in [0.717, 1.165) is 44.7 Å². The second-order valence-electron chi connectivity index (χ2n) is 6.52. The molecule has 3 rings (SSSR count). The van der Waals surface area contributed by atoms with Crippen LogP contribution in [0.5, 0.6) is 5.75 Å². The van der Waals surface area contributed by atoms with Gasteiger partial charge in [0.15, 0.2) is 0 Å². The van der Waals surface area contributed by atoms with Crippen LogP contribution in [-0.2, 0) is 4.74 Å². The Morgan fingerprint density at radius 2 is 2.12 bits per heavy atom. The van der Waals surface area contributed by atoms with Gasteiger partial charge < -0.3 is 20.1 Å². The van der Waals surface area contributed by atoms with Crippen LogP contribution in [0.1, 0.15) is 36.5 Å². The van der Waals surface area contributed by atoms with E-state index in [0.29, 0.717) is 18.1 Å². The van der Waals surface area contributed by atoms with Gasteiger partial charge in [0.2, 0.25) is 0 Å². The number of hydrogen-bond acceptors (Lipinski definition) is 4. The lowest BCUT2D eigenvalue weighted by molar-refractivity contribution is 0.0679. The number of rotatable bonds is 5. The molecule has 2 aliphatic heterocycles. The van der Waals surface area contributed by atoms with E-state index in [2.05, 4.69) is 17.6 Å². The molecule has 0 saturated carbocycles. The van der Waals surface area contributed by atoms with E-state index in [4.69, 9.17) is 9.47 Å². The van der Waals surface area contributed by atoms with Gasteiger partial charge >= 0.3 is 0 Å². The van der Waals surface area contributed by atoms with Crippen LogP contribution in [0, 0.1) is 5.92 Å². The third-order valence-electron chi connectivity index (χ3n) is 4.68. The average Bonchev–Trinajstić information content (AvgIpc) is 3.09. The fourth-order valence-corrected chi connectivity index (χ4v) is 3.15. The number of halogens is 1. The van der Waals surface area contributed by atoms with Crippen LogP contribution in [0.2, 0.25) is 0 Å². The Kier molecular flexibility index (Phi) is 7.34. The maximum absolute atomic E-state index is 12.3. The summed E-state index contributed by atoms with van der Waals surface area (Å²) < 4.78 is 11.3. The van der Waals surface area contributed by atoms with Gasteiger partial charge in [-0.05, 0) is 62.5 Å². The fraction of sp³-hybridized carbons (Fsp3) is 0.611. The Labute approximate surface area is 149 Å². The van der Waals surface area contributed by atoms with E-state index in [1.165, 1.54) is 0 Å². The zero-order valence-corrected chi connectivity index (χ0v) is 14.9. The molecule has 0 spiro atoms. The van der Waals surface area contributed by atoms with Gasteiger partial charge in [0, 0.05) is 18.2 Å². The van der Waals surface area contributed by atoms with Crippen LogP contribution in [0.15, 0.2) is 24.3 Å². The van der Waals surface area contributed by atoms with Gasteiger partial charge in [-0.2, -0.15) is 0 Å². The Morgan fingerprint density at radius 3 is 2.79 bits per heavy atom. The Morgan fingerprint density at radius 1 is 1.33 bits per heavy atom. The summed E-state index contributed by atoms with van der Waals surface area (Å²) in [4.78, 5) is 12.3. The van der Waals surface area contributed by atoms with E-state index < -0.39 is 0 Å². The SMILES string of the molecule is CC1CNCCC1NC(=O)c1ccc(OCC2CCCO2)cc1.Cl. The van der Waals surface area contributed by atoms with Gasteiger partial charge in [-0.15, -0.1) is 12.4 Å². The number of piperidine rings is 1. The molecule has 24 heavy (non-hydrogen) atoms. The molecule has 2 fully saturated rings. The predicted molar refractivity (Wildman–Crippen MR) is 96.1 cm³/mol. The van der Waals surface area contributed by atoms with Crippen molar-refractivity contribution in [3.63, 3.8) is 0 Å². The van der Waals surface area contributed by atoms with Crippen LogP contribution < -0.4 is 15.4 Å². The summed E-state index contributed by atoms with van der Waals surface area (Å²) >= 11 is 0. The van der Waals surface area contributed by atoms with Crippen LogP contribution in [-0.4, -0.2) is 44.4 Å². The molecule has 2 saturated heterocycles. The van der Waals surface area contributed by atoms with E-state index in [1.807, 2.05) is 24.3 Å². The van der Waals surface area contributed by atoms with Gasteiger partial charge in [-0.3, -0.25) is 4.79 Å². The van der Waals surface area contributed by atoms with E-state index in [9.17, 15) is 4.79 Å². The highest BCUT2D eigenvalue weighted by Gasteiger charge is 2.23. The first kappa shape index (κ1) is 19.0. The van der Waals surface area contributed by atoms with Gasteiger partial charge in [0.05, 0.1) is 6.10 Å². The van der Waals surface area contributed by atoms with Crippen LogP contribution in [0.25, 0.3) is 0 Å². The monoisotopic (exact) mass is 354 g/mol. The standard InChI is InChI=1S/C18H26N2O3.ClH/c1-13-11-19-9-8-17(13)20-18(21)14-4-6-15(7-5-14)23-12-16-3-2-10-22-16;/h4-7,13,16-17,19H,2-3,8-12H2,1H3,(H,20,21);1H. The van der Waals surface area contributed by atoms with E-state index in [1.54, 1.807) is 0 Å². The first-order chi connectivity index (χ1) is 11.2. The van der Waals surface area contributed by atoms with Crippen molar-refractivity contribution >= 4 is 18.3 Å². The van der Waals surface area contributed by atoms with Crippen molar-refractivity contribution in [1.82, 2.24) is 10.6 Å². The molecular weight excluding hydrogens is 328 g/mol. The molecule has 0 aromatic heterocycles. The first-order valence-electron chi connectivity index (χ1n) is 8.58. The summed E-state index contributed by atoms with van der Waals surface area (Å²) in [5.41, 5.74) is 0.681. The quantitative estimate of drug-likeness (QED) is 0.852. The molecule has 2 N–H and O–H groups in total. The Hall–Kier alpha value is -1.30. The molecule has 1 aromatic carbocycles. The maximum Gasteiger partial charge on any atom is 0.251 e. The molecule has 3 unspecified atom stereocenters. The van der Waals surface area contributed by atoms with Gasteiger partial charge in [0.1, 0.15) is 12.4 Å². The summed E-state index contributed by atoms with van der Waals surface area (Å²) in [7, 11) is 0. The van der Waals surface area contributed by atoms with Gasteiger partial charge in [0.25, 0.3) is 5.91 Å². The minimum Gasteiger partial charge on any atom is -0.491 e. The van der Waals surface area contributed by atoms with Crippen LogP contribution in [0.3, 0.4) is 0 Å². The average molecular weight is 355 g/mol. The number of ether oxygens (including phenoxy) is 2. The Balaban J connectivity index is 0.00000208. The zero-order valence-electron chi connectivity index (χ0n) is 14.1. The third-order valence-corrected chi connectivity index (χ3v) is 4.68. The third kappa shape index (κ3) is 5.10. The molecule has 1 aromatic rings. The minimum atomic E-state index is -0.00516. The summed E-state index contributed by atoms with van der Waals surface area (Å²) in [6.07, 6.45) is 3.37. The molecule has 5 nitrogen and oxygen atoms in total. The normalized spacial score (nSPS) is 26.5. The maximum atomic E-state index is 12.3. The lowest BCUT2D eigenvalue weighted by Gasteiger charge is -2.30. The highest BCUT2D eigenvalue weighted by molar-refractivity contribution is 5.94. The molecule has 2 heterocycles. The number of carbonyl (C=O) groups excluding carboxylic acids is 1. The number of benzene rings is 1. The largest absolute Gasteiger partial charge is 0.491 e. The van der Waals surface area contributed by atoms with Gasteiger partial charge in [-0.25, -0.2) is 0 Å². The smallest absolute Gasteiger partial charge is 0.251 e. The summed E-state index contributed by atoms with van der Waals surface area (Å²) in [6.45, 7) is 5.51. The summed E-state index contributed by atoms with van der Waals surface area (Å²) in [5, 5.41) is 6.49. The van der Waals surface area contributed by atoms with Crippen LogP contribution >= 0.6 is 12.4 Å². The predicted octanol–water partition coefficient (Wildman–Crippen LogP) is 2.39.